The van der Waals surface area contributed by atoms with Gasteiger partial charge in [-0.2, -0.15) is 0 Å². The second kappa shape index (κ2) is 2.96. The summed E-state index contributed by atoms with van der Waals surface area (Å²) in [6, 6.07) is -0.417. The molecule has 1 rings (SSSR count). The van der Waals surface area contributed by atoms with E-state index < -0.39 is 12.4 Å². The minimum absolute atomic E-state index is 0.357. The van der Waals surface area contributed by atoms with E-state index in [4.69, 9.17) is 5.11 Å². The van der Waals surface area contributed by atoms with Gasteiger partial charge < -0.3 is 9.84 Å². The number of aliphatic hydroxyl groups is 1. The SMILES string of the molecule is COC(=O)C1CNC(O)N1. The van der Waals surface area contributed by atoms with E-state index in [1.807, 2.05) is 0 Å². The first-order valence-electron chi connectivity index (χ1n) is 2.99. The number of esters is 1. The quantitative estimate of drug-likeness (QED) is 0.373. The van der Waals surface area contributed by atoms with Crippen molar-refractivity contribution in [3.05, 3.63) is 0 Å². The Morgan fingerprint density at radius 2 is 2.50 bits per heavy atom. The Bertz CT molecular complexity index is 139. The van der Waals surface area contributed by atoms with Crippen LogP contribution < -0.4 is 10.6 Å². The summed E-state index contributed by atoms with van der Waals surface area (Å²) in [6.07, 6.45) is -0.788. The van der Waals surface area contributed by atoms with Crippen LogP contribution in [0.4, 0.5) is 0 Å². The van der Waals surface area contributed by atoms with E-state index in [0.29, 0.717) is 6.54 Å². The van der Waals surface area contributed by atoms with Crippen molar-refractivity contribution in [2.24, 2.45) is 0 Å². The first-order chi connectivity index (χ1) is 4.74. The van der Waals surface area contributed by atoms with Gasteiger partial charge in [-0.3, -0.25) is 15.4 Å². The Labute approximate surface area is 58.4 Å². The molecule has 5 heteroatoms. The van der Waals surface area contributed by atoms with E-state index >= 15 is 0 Å². The number of methoxy groups -OCH3 is 1. The van der Waals surface area contributed by atoms with Gasteiger partial charge in [-0.15, -0.1) is 0 Å². The van der Waals surface area contributed by atoms with Crippen LogP contribution in [0.2, 0.25) is 0 Å². The molecule has 5 nitrogen and oxygen atoms in total. The Kier molecular flexibility index (Phi) is 2.21. The summed E-state index contributed by atoms with van der Waals surface area (Å²) < 4.78 is 4.43. The van der Waals surface area contributed by atoms with Gasteiger partial charge in [0.2, 0.25) is 0 Å². The zero-order valence-corrected chi connectivity index (χ0v) is 5.63. The number of rotatable bonds is 1. The van der Waals surface area contributed by atoms with E-state index in [-0.39, 0.29) is 5.97 Å². The van der Waals surface area contributed by atoms with Gasteiger partial charge in [-0.25, -0.2) is 0 Å². The molecule has 2 unspecified atom stereocenters. The third kappa shape index (κ3) is 1.44. The fraction of sp³-hybridized carbons (Fsp3) is 0.800. The highest BCUT2D eigenvalue weighted by Gasteiger charge is 2.27. The highest BCUT2D eigenvalue weighted by molar-refractivity contribution is 5.76. The second-order valence-electron chi connectivity index (χ2n) is 2.05. The van der Waals surface area contributed by atoms with Gasteiger partial charge in [-0.1, -0.05) is 0 Å². The highest BCUT2D eigenvalue weighted by Crippen LogP contribution is 1.93. The molecule has 1 aliphatic heterocycles. The first-order valence-corrected chi connectivity index (χ1v) is 2.99. The molecule has 0 radical (unpaired) electrons. The molecule has 0 aromatic heterocycles. The largest absolute Gasteiger partial charge is 0.468 e. The van der Waals surface area contributed by atoms with E-state index in [1.54, 1.807) is 0 Å². The third-order valence-corrected chi connectivity index (χ3v) is 1.36. The average molecular weight is 146 g/mol. The molecule has 0 saturated carbocycles. The Morgan fingerprint density at radius 1 is 1.80 bits per heavy atom. The summed E-state index contributed by atoms with van der Waals surface area (Å²) in [6.45, 7) is 0.411. The molecule has 10 heavy (non-hydrogen) atoms. The molecule has 1 heterocycles. The van der Waals surface area contributed by atoms with Gasteiger partial charge in [0.1, 0.15) is 6.04 Å². The van der Waals surface area contributed by atoms with Crippen molar-refractivity contribution in [2.45, 2.75) is 12.4 Å². The van der Waals surface area contributed by atoms with Crippen molar-refractivity contribution in [1.29, 1.82) is 0 Å². The number of nitrogens with one attached hydrogen (secondary N) is 2. The third-order valence-electron chi connectivity index (χ3n) is 1.36. The summed E-state index contributed by atoms with van der Waals surface area (Å²) in [5.74, 6) is -0.357. The van der Waals surface area contributed by atoms with Gasteiger partial charge in [0.15, 0.2) is 6.35 Å². The number of hydrogen-bond acceptors (Lipinski definition) is 5. The number of ether oxygens (including phenoxy) is 1. The maximum atomic E-state index is 10.7. The summed E-state index contributed by atoms with van der Waals surface area (Å²) in [4.78, 5) is 10.7. The number of carbonyl (C=O) groups excluding carboxylic acids is 1. The molecule has 0 aromatic carbocycles. The van der Waals surface area contributed by atoms with Crippen LogP contribution in [0.5, 0.6) is 0 Å². The minimum atomic E-state index is -0.788. The van der Waals surface area contributed by atoms with Gasteiger partial charge in [0, 0.05) is 6.54 Å². The van der Waals surface area contributed by atoms with E-state index in [9.17, 15) is 4.79 Å². The van der Waals surface area contributed by atoms with E-state index in [1.165, 1.54) is 7.11 Å². The van der Waals surface area contributed by atoms with Crippen molar-refractivity contribution in [1.82, 2.24) is 10.6 Å². The van der Waals surface area contributed by atoms with Gasteiger partial charge in [0.05, 0.1) is 7.11 Å². The van der Waals surface area contributed by atoms with Gasteiger partial charge in [-0.05, 0) is 0 Å². The maximum Gasteiger partial charge on any atom is 0.324 e. The van der Waals surface area contributed by atoms with Crippen LogP contribution in [0.25, 0.3) is 0 Å². The second-order valence-corrected chi connectivity index (χ2v) is 2.05. The number of hydrogen-bond donors (Lipinski definition) is 3. The summed E-state index contributed by atoms with van der Waals surface area (Å²) >= 11 is 0. The van der Waals surface area contributed by atoms with Gasteiger partial charge >= 0.3 is 5.97 Å². The molecule has 0 aromatic rings. The molecule has 1 aliphatic rings. The lowest BCUT2D eigenvalue weighted by Gasteiger charge is -2.05. The van der Waals surface area contributed by atoms with Crippen LogP contribution >= 0.6 is 0 Å². The fourth-order valence-corrected chi connectivity index (χ4v) is 0.832. The maximum absolute atomic E-state index is 10.7. The molecule has 1 saturated heterocycles. The summed E-state index contributed by atoms with van der Waals surface area (Å²) in [5, 5.41) is 14.0. The first kappa shape index (κ1) is 7.46. The van der Waals surface area contributed by atoms with Crippen molar-refractivity contribution < 1.29 is 14.6 Å². The molecule has 0 spiro atoms. The summed E-state index contributed by atoms with van der Waals surface area (Å²) in [5.41, 5.74) is 0. The molecule has 0 aliphatic carbocycles. The molecular weight excluding hydrogens is 136 g/mol. The van der Waals surface area contributed by atoms with Crippen LogP contribution in [0, 0.1) is 0 Å². The lowest BCUT2D eigenvalue weighted by atomic mass is 10.3. The van der Waals surface area contributed by atoms with E-state index in [2.05, 4.69) is 15.4 Å². The van der Waals surface area contributed by atoms with Crippen LogP contribution in [-0.4, -0.2) is 37.1 Å². The smallest absolute Gasteiger partial charge is 0.324 e. The molecule has 1 fully saturated rings. The van der Waals surface area contributed by atoms with Gasteiger partial charge in [0.25, 0.3) is 0 Å². The summed E-state index contributed by atoms with van der Waals surface area (Å²) in [7, 11) is 1.31. The fourth-order valence-electron chi connectivity index (χ4n) is 0.832. The van der Waals surface area contributed by atoms with Crippen molar-refractivity contribution in [3.63, 3.8) is 0 Å². The van der Waals surface area contributed by atoms with Crippen molar-refractivity contribution in [2.75, 3.05) is 13.7 Å². The van der Waals surface area contributed by atoms with E-state index in [0.717, 1.165) is 0 Å². The predicted octanol–water partition coefficient (Wildman–Crippen LogP) is -2.00. The molecular formula is C5H10N2O3. The Balaban J connectivity index is 2.37. The van der Waals surface area contributed by atoms with Crippen LogP contribution in [0.1, 0.15) is 0 Å². The molecule has 0 bridgehead atoms. The monoisotopic (exact) mass is 146 g/mol. The zero-order chi connectivity index (χ0) is 7.56. The highest BCUT2D eigenvalue weighted by atomic mass is 16.5. The average Bonchev–Trinajstić information content (AvgIpc) is 2.34. The molecule has 58 valence electrons. The normalized spacial score (nSPS) is 32.2. The number of carbonyl (C=O) groups is 1. The predicted molar refractivity (Wildman–Crippen MR) is 32.9 cm³/mol. The van der Waals surface area contributed by atoms with Crippen LogP contribution in [0.15, 0.2) is 0 Å². The lowest BCUT2D eigenvalue weighted by Crippen LogP contribution is -2.37. The Morgan fingerprint density at radius 3 is 2.90 bits per heavy atom. The lowest BCUT2D eigenvalue weighted by molar-refractivity contribution is -0.142. The standard InChI is InChI=1S/C5H10N2O3/c1-10-4(8)3-2-6-5(9)7-3/h3,5-7,9H,2H2,1H3. The minimum Gasteiger partial charge on any atom is -0.468 e. The van der Waals surface area contributed by atoms with Crippen molar-refractivity contribution in [3.8, 4) is 0 Å². The number of aliphatic hydroxyl groups excluding tert-OH is 1. The topological polar surface area (TPSA) is 70.6 Å². The Hall–Kier alpha value is -0.650. The van der Waals surface area contributed by atoms with Crippen LogP contribution in [0.3, 0.4) is 0 Å². The van der Waals surface area contributed by atoms with Crippen molar-refractivity contribution >= 4 is 5.97 Å². The zero-order valence-electron chi connectivity index (χ0n) is 5.63. The molecule has 2 atom stereocenters. The molecule has 3 N–H and O–H groups in total. The molecule has 0 amide bonds. The van der Waals surface area contributed by atoms with Crippen LogP contribution in [-0.2, 0) is 9.53 Å².